The number of nitrogens with zero attached hydrogens (tertiary/aromatic N) is 2. The van der Waals surface area contributed by atoms with Gasteiger partial charge in [-0.25, -0.2) is 0 Å². The van der Waals surface area contributed by atoms with Gasteiger partial charge in [-0.15, -0.1) is 0 Å². The van der Waals surface area contributed by atoms with Crippen LogP contribution in [0.1, 0.15) is 5.56 Å². The van der Waals surface area contributed by atoms with Crippen LogP contribution in [0.15, 0.2) is 42.5 Å². The van der Waals surface area contributed by atoms with E-state index in [-0.39, 0.29) is 5.91 Å². The summed E-state index contributed by atoms with van der Waals surface area (Å²) in [5, 5.41) is 4.42. The molecule has 3 rings (SSSR count). The van der Waals surface area contributed by atoms with Crippen LogP contribution in [0.5, 0.6) is 0 Å². The SMILES string of the molecule is O=C(CN1CCN(Cc2ccccc2Cl)CC1)Nc1cccc(Cl)c1Cl. The first-order chi connectivity index (χ1) is 12.5. The summed E-state index contributed by atoms with van der Waals surface area (Å²) in [6.45, 7) is 4.63. The number of hydrogen-bond donors (Lipinski definition) is 1. The topological polar surface area (TPSA) is 35.6 Å². The van der Waals surface area contributed by atoms with Crippen molar-refractivity contribution in [1.29, 1.82) is 0 Å². The molecule has 0 aromatic heterocycles. The molecule has 2 aromatic carbocycles. The second-order valence-electron chi connectivity index (χ2n) is 6.29. The number of carbonyl (C=O) groups is 1. The molecular formula is C19H20Cl3N3O. The van der Waals surface area contributed by atoms with Crippen molar-refractivity contribution in [3.8, 4) is 0 Å². The molecule has 0 atom stereocenters. The van der Waals surface area contributed by atoms with Gasteiger partial charge in [-0.1, -0.05) is 59.1 Å². The van der Waals surface area contributed by atoms with E-state index in [2.05, 4.69) is 21.2 Å². The third kappa shape index (κ3) is 5.12. The van der Waals surface area contributed by atoms with Crippen molar-refractivity contribution in [2.75, 3.05) is 38.0 Å². The Balaban J connectivity index is 1.47. The van der Waals surface area contributed by atoms with Gasteiger partial charge in [0.15, 0.2) is 0 Å². The highest BCUT2D eigenvalue weighted by atomic mass is 35.5. The van der Waals surface area contributed by atoms with Crippen molar-refractivity contribution in [3.05, 3.63) is 63.1 Å². The largest absolute Gasteiger partial charge is 0.324 e. The number of rotatable bonds is 5. The van der Waals surface area contributed by atoms with Crippen molar-refractivity contribution >= 4 is 46.4 Å². The van der Waals surface area contributed by atoms with Crippen molar-refractivity contribution < 1.29 is 4.79 Å². The summed E-state index contributed by atoms with van der Waals surface area (Å²) in [4.78, 5) is 16.8. The molecule has 1 heterocycles. The molecule has 1 N–H and O–H groups in total. The highest BCUT2D eigenvalue weighted by Crippen LogP contribution is 2.29. The fourth-order valence-corrected chi connectivity index (χ4v) is 3.51. The van der Waals surface area contributed by atoms with Gasteiger partial charge >= 0.3 is 0 Å². The minimum atomic E-state index is -0.0891. The maximum absolute atomic E-state index is 12.3. The fourth-order valence-electron chi connectivity index (χ4n) is 2.97. The predicted molar refractivity (Wildman–Crippen MR) is 108 cm³/mol. The zero-order valence-electron chi connectivity index (χ0n) is 14.2. The highest BCUT2D eigenvalue weighted by molar-refractivity contribution is 6.44. The molecule has 1 aliphatic rings. The van der Waals surface area contributed by atoms with E-state index in [1.54, 1.807) is 18.2 Å². The quantitative estimate of drug-likeness (QED) is 0.790. The van der Waals surface area contributed by atoms with Gasteiger partial charge in [-0.05, 0) is 23.8 Å². The molecule has 0 unspecified atom stereocenters. The van der Waals surface area contributed by atoms with E-state index in [0.717, 1.165) is 43.3 Å². The summed E-state index contributed by atoms with van der Waals surface area (Å²) < 4.78 is 0. The van der Waals surface area contributed by atoms with Gasteiger partial charge in [0.25, 0.3) is 0 Å². The molecular weight excluding hydrogens is 393 g/mol. The second kappa shape index (κ2) is 9.07. The van der Waals surface area contributed by atoms with E-state index < -0.39 is 0 Å². The summed E-state index contributed by atoms with van der Waals surface area (Å²) in [6.07, 6.45) is 0. The van der Waals surface area contributed by atoms with E-state index in [1.807, 2.05) is 18.2 Å². The lowest BCUT2D eigenvalue weighted by Crippen LogP contribution is -2.48. The summed E-state index contributed by atoms with van der Waals surface area (Å²) in [6, 6.07) is 13.1. The summed E-state index contributed by atoms with van der Waals surface area (Å²) in [7, 11) is 0. The van der Waals surface area contributed by atoms with Crippen LogP contribution in [0.3, 0.4) is 0 Å². The van der Waals surface area contributed by atoms with Crippen LogP contribution >= 0.6 is 34.8 Å². The number of carbonyl (C=O) groups excluding carboxylic acids is 1. The molecule has 0 saturated carbocycles. The molecule has 7 heteroatoms. The van der Waals surface area contributed by atoms with Crippen LogP contribution in [-0.2, 0) is 11.3 Å². The second-order valence-corrected chi connectivity index (χ2v) is 7.49. The molecule has 0 bridgehead atoms. The number of piperazine rings is 1. The zero-order valence-corrected chi connectivity index (χ0v) is 16.5. The van der Waals surface area contributed by atoms with Gasteiger partial charge in [0.1, 0.15) is 0 Å². The average molecular weight is 413 g/mol. The zero-order chi connectivity index (χ0) is 18.5. The van der Waals surface area contributed by atoms with Crippen molar-refractivity contribution in [2.24, 2.45) is 0 Å². The Labute approximate surface area is 168 Å². The average Bonchev–Trinajstić information content (AvgIpc) is 2.62. The van der Waals surface area contributed by atoms with Gasteiger partial charge in [0.2, 0.25) is 5.91 Å². The van der Waals surface area contributed by atoms with Crippen LogP contribution in [0.4, 0.5) is 5.69 Å². The van der Waals surface area contributed by atoms with E-state index in [4.69, 9.17) is 34.8 Å². The third-order valence-electron chi connectivity index (χ3n) is 4.41. The van der Waals surface area contributed by atoms with Crippen molar-refractivity contribution in [2.45, 2.75) is 6.54 Å². The van der Waals surface area contributed by atoms with Crippen molar-refractivity contribution in [3.63, 3.8) is 0 Å². The third-order valence-corrected chi connectivity index (χ3v) is 5.60. The monoisotopic (exact) mass is 411 g/mol. The summed E-state index contributed by atoms with van der Waals surface area (Å²) in [5.41, 5.74) is 1.68. The lowest BCUT2D eigenvalue weighted by molar-refractivity contribution is -0.117. The molecule has 26 heavy (non-hydrogen) atoms. The van der Waals surface area contributed by atoms with Crippen LogP contribution < -0.4 is 5.32 Å². The lowest BCUT2D eigenvalue weighted by Gasteiger charge is -2.34. The number of nitrogens with one attached hydrogen (secondary N) is 1. The Hall–Kier alpha value is -1.30. The molecule has 2 aromatic rings. The number of hydrogen-bond acceptors (Lipinski definition) is 3. The molecule has 1 saturated heterocycles. The number of halogens is 3. The first-order valence-electron chi connectivity index (χ1n) is 8.45. The lowest BCUT2D eigenvalue weighted by atomic mass is 10.2. The maximum atomic E-state index is 12.3. The minimum Gasteiger partial charge on any atom is -0.324 e. The molecule has 0 aliphatic carbocycles. The van der Waals surface area contributed by atoms with Crippen molar-refractivity contribution in [1.82, 2.24) is 9.80 Å². The Bertz CT molecular complexity index is 776. The smallest absolute Gasteiger partial charge is 0.238 e. The van der Waals surface area contributed by atoms with E-state index in [9.17, 15) is 4.79 Å². The number of anilines is 1. The molecule has 138 valence electrons. The Morgan fingerprint density at radius 3 is 2.27 bits per heavy atom. The Kier molecular flexibility index (Phi) is 6.79. The van der Waals surface area contributed by atoms with Gasteiger partial charge in [0.05, 0.1) is 22.3 Å². The van der Waals surface area contributed by atoms with Gasteiger partial charge in [-0.2, -0.15) is 0 Å². The van der Waals surface area contributed by atoms with E-state index >= 15 is 0 Å². The normalized spacial score (nSPS) is 15.8. The number of amides is 1. The van der Waals surface area contributed by atoms with Crippen LogP contribution in [-0.4, -0.2) is 48.4 Å². The fraction of sp³-hybridized carbons (Fsp3) is 0.316. The Morgan fingerprint density at radius 2 is 1.54 bits per heavy atom. The molecule has 0 spiro atoms. The Morgan fingerprint density at radius 1 is 0.885 bits per heavy atom. The van der Waals surface area contributed by atoms with Gasteiger partial charge in [-0.3, -0.25) is 14.6 Å². The maximum Gasteiger partial charge on any atom is 0.238 e. The van der Waals surface area contributed by atoms with Crippen LogP contribution in [0, 0.1) is 0 Å². The van der Waals surface area contributed by atoms with Gasteiger partial charge in [0, 0.05) is 37.7 Å². The molecule has 4 nitrogen and oxygen atoms in total. The molecule has 1 fully saturated rings. The van der Waals surface area contributed by atoms with E-state index in [0.29, 0.717) is 22.3 Å². The van der Waals surface area contributed by atoms with Crippen LogP contribution in [0.2, 0.25) is 15.1 Å². The van der Waals surface area contributed by atoms with E-state index in [1.165, 1.54) is 0 Å². The summed E-state index contributed by atoms with van der Waals surface area (Å²) in [5.74, 6) is -0.0891. The first-order valence-corrected chi connectivity index (χ1v) is 9.58. The standard InChI is InChI=1S/C19H20Cl3N3O/c20-15-5-2-1-4-14(15)12-24-8-10-25(11-9-24)13-18(26)23-17-7-3-6-16(21)19(17)22/h1-7H,8-13H2,(H,23,26). The highest BCUT2D eigenvalue weighted by Gasteiger charge is 2.20. The predicted octanol–water partition coefficient (Wildman–Crippen LogP) is 4.40. The van der Waals surface area contributed by atoms with Gasteiger partial charge < -0.3 is 5.32 Å². The minimum absolute atomic E-state index is 0.0891. The molecule has 1 aliphatic heterocycles. The molecule has 1 amide bonds. The summed E-state index contributed by atoms with van der Waals surface area (Å²) >= 11 is 18.3. The van der Waals surface area contributed by atoms with Crippen LogP contribution in [0.25, 0.3) is 0 Å². The number of benzene rings is 2. The first kappa shape index (κ1) is 19.5. The molecule has 0 radical (unpaired) electrons.